The number of aromatic nitrogens is 2. The molecule has 3 rings (SSSR count). The molecule has 2 heterocycles. The van der Waals surface area contributed by atoms with Crippen molar-refractivity contribution in [3.05, 3.63) is 28.3 Å². The molecule has 3 nitrogen and oxygen atoms in total. The van der Waals surface area contributed by atoms with E-state index >= 15 is 0 Å². The van der Waals surface area contributed by atoms with Crippen LogP contribution in [0.3, 0.4) is 0 Å². The van der Waals surface area contributed by atoms with Crippen LogP contribution in [0.25, 0.3) is 10.7 Å². The maximum absolute atomic E-state index is 4.77. The quantitative estimate of drug-likeness (QED) is 0.923. The summed E-state index contributed by atoms with van der Waals surface area (Å²) in [7, 11) is 0. The summed E-state index contributed by atoms with van der Waals surface area (Å²) in [6, 6.07) is 4.33. The minimum absolute atomic E-state index is 0.890. The lowest BCUT2D eigenvalue weighted by Gasteiger charge is -2.10. The molecule has 0 bridgehead atoms. The highest BCUT2D eigenvalue weighted by atomic mass is 32.1. The van der Waals surface area contributed by atoms with Crippen LogP contribution in [0.15, 0.2) is 12.1 Å². The van der Waals surface area contributed by atoms with E-state index in [0.717, 1.165) is 37.4 Å². The Hall–Kier alpha value is -1.42. The number of nitrogens with zero attached hydrogens (tertiary/aromatic N) is 2. The third kappa shape index (κ3) is 2.37. The average molecular weight is 273 g/mol. The molecule has 0 atom stereocenters. The van der Waals surface area contributed by atoms with E-state index in [-0.39, 0.29) is 0 Å². The van der Waals surface area contributed by atoms with Gasteiger partial charge in [-0.15, -0.1) is 11.3 Å². The first-order valence-corrected chi connectivity index (χ1v) is 7.86. The first-order valence-electron chi connectivity index (χ1n) is 7.04. The van der Waals surface area contributed by atoms with Crippen LogP contribution in [-0.2, 0) is 19.3 Å². The molecule has 1 aliphatic carbocycles. The first kappa shape index (κ1) is 12.6. The molecule has 2 aromatic heterocycles. The van der Waals surface area contributed by atoms with Crippen LogP contribution in [0.2, 0.25) is 0 Å². The van der Waals surface area contributed by atoms with E-state index in [4.69, 9.17) is 9.97 Å². The maximum Gasteiger partial charge on any atom is 0.171 e. The molecule has 0 fully saturated rings. The molecule has 1 N–H and O–H groups in total. The predicted octanol–water partition coefficient (Wildman–Crippen LogP) is 3.69. The molecule has 100 valence electrons. The summed E-state index contributed by atoms with van der Waals surface area (Å²) < 4.78 is 0. The standard InChI is InChI=1S/C15H19N3S/c1-3-10-8-9-13(19-10)15-17-12-7-5-6-11(12)14(18-15)16-4-2/h8-9H,3-7H2,1-2H3,(H,16,17,18). The van der Waals surface area contributed by atoms with Gasteiger partial charge in [0.2, 0.25) is 0 Å². The highest BCUT2D eigenvalue weighted by molar-refractivity contribution is 7.15. The van der Waals surface area contributed by atoms with Crippen LogP contribution < -0.4 is 5.32 Å². The molecule has 0 aromatic carbocycles. The summed E-state index contributed by atoms with van der Waals surface area (Å²) in [5.74, 6) is 1.94. The zero-order valence-corrected chi connectivity index (χ0v) is 12.3. The van der Waals surface area contributed by atoms with Gasteiger partial charge in [0.15, 0.2) is 5.82 Å². The van der Waals surface area contributed by atoms with E-state index in [2.05, 4.69) is 31.3 Å². The van der Waals surface area contributed by atoms with Crippen molar-refractivity contribution in [1.82, 2.24) is 9.97 Å². The molecular formula is C15H19N3S. The molecule has 1 aliphatic rings. The van der Waals surface area contributed by atoms with Gasteiger partial charge in [-0.3, -0.25) is 0 Å². The number of thiophene rings is 1. The minimum atomic E-state index is 0.890. The van der Waals surface area contributed by atoms with Gasteiger partial charge in [0.1, 0.15) is 5.82 Å². The molecule has 0 aliphatic heterocycles. The monoisotopic (exact) mass is 273 g/mol. The van der Waals surface area contributed by atoms with Crippen LogP contribution in [0.5, 0.6) is 0 Å². The second kappa shape index (κ2) is 5.29. The van der Waals surface area contributed by atoms with Crippen LogP contribution in [0, 0.1) is 0 Å². The van der Waals surface area contributed by atoms with E-state index in [1.807, 2.05) is 0 Å². The lowest BCUT2D eigenvalue weighted by Crippen LogP contribution is -2.06. The normalized spacial score (nSPS) is 13.6. The van der Waals surface area contributed by atoms with Crippen molar-refractivity contribution >= 4 is 17.2 Å². The third-order valence-corrected chi connectivity index (χ3v) is 4.73. The fourth-order valence-corrected chi connectivity index (χ4v) is 3.43. The van der Waals surface area contributed by atoms with Gasteiger partial charge in [0.05, 0.1) is 4.88 Å². The number of fused-ring (bicyclic) bond motifs is 1. The van der Waals surface area contributed by atoms with Crippen molar-refractivity contribution in [2.24, 2.45) is 0 Å². The molecule has 2 aromatic rings. The molecule has 19 heavy (non-hydrogen) atoms. The van der Waals surface area contributed by atoms with Crippen LogP contribution in [-0.4, -0.2) is 16.5 Å². The van der Waals surface area contributed by atoms with Crippen molar-refractivity contribution in [3.8, 4) is 10.7 Å². The van der Waals surface area contributed by atoms with Gasteiger partial charge >= 0.3 is 0 Å². The fraction of sp³-hybridized carbons (Fsp3) is 0.467. The van der Waals surface area contributed by atoms with Gasteiger partial charge in [-0.2, -0.15) is 0 Å². The van der Waals surface area contributed by atoms with E-state index in [0.29, 0.717) is 0 Å². The van der Waals surface area contributed by atoms with Gasteiger partial charge in [-0.05, 0) is 44.7 Å². The van der Waals surface area contributed by atoms with E-state index in [1.165, 1.54) is 27.4 Å². The SMILES string of the molecule is CCNc1nc(-c2ccc(CC)s2)nc2c1CCC2. The zero-order chi connectivity index (χ0) is 13.2. The summed E-state index contributed by atoms with van der Waals surface area (Å²) in [4.78, 5) is 12.1. The van der Waals surface area contributed by atoms with Gasteiger partial charge in [-0.1, -0.05) is 6.92 Å². The van der Waals surface area contributed by atoms with Crippen LogP contribution in [0.1, 0.15) is 36.4 Å². The Morgan fingerprint density at radius 2 is 2.11 bits per heavy atom. The molecule has 0 spiro atoms. The number of rotatable bonds is 4. The minimum Gasteiger partial charge on any atom is -0.370 e. The van der Waals surface area contributed by atoms with E-state index in [1.54, 1.807) is 11.3 Å². The van der Waals surface area contributed by atoms with Gasteiger partial charge in [0, 0.05) is 22.7 Å². The lowest BCUT2D eigenvalue weighted by atomic mass is 10.2. The topological polar surface area (TPSA) is 37.8 Å². The summed E-state index contributed by atoms with van der Waals surface area (Å²) >= 11 is 1.81. The van der Waals surface area contributed by atoms with E-state index < -0.39 is 0 Å². The Morgan fingerprint density at radius 1 is 1.21 bits per heavy atom. The maximum atomic E-state index is 4.77. The van der Waals surface area contributed by atoms with E-state index in [9.17, 15) is 0 Å². The zero-order valence-electron chi connectivity index (χ0n) is 11.5. The molecule has 0 amide bonds. The second-order valence-corrected chi connectivity index (χ2v) is 5.99. The van der Waals surface area contributed by atoms with Gasteiger partial charge < -0.3 is 5.32 Å². The summed E-state index contributed by atoms with van der Waals surface area (Å²) in [5, 5.41) is 3.39. The number of hydrogen-bond acceptors (Lipinski definition) is 4. The lowest BCUT2D eigenvalue weighted by molar-refractivity contribution is 0.900. The molecule has 0 unspecified atom stereocenters. The van der Waals surface area contributed by atoms with Crippen molar-refractivity contribution in [2.75, 3.05) is 11.9 Å². The second-order valence-electron chi connectivity index (χ2n) is 4.82. The number of aryl methyl sites for hydroxylation is 2. The molecular weight excluding hydrogens is 254 g/mol. The molecule has 0 saturated heterocycles. The average Bonchev–Trinajstić information content (AvgIpc) is 3.07. The molecule has 0 saturated carbocycles. The Kier molecular flexibility index (Phi) is 3.51. The van der Waals surface area contributed by atoms with Crippen LogP contribution >= 0.6 is 11.3 Å². The third-order valence-electron chi connectivity index (χ3n) is 3.51. The predicted molar refractivity (Wildman–Crippen MR) is 80.9 cm³/mol. The van der Waals surface area contributed by atoms with Gasteiger partial charge in [0.25, 0.3) is 0 Å². The first-order chi connectivity index (χ1) is 9.31. The summed E-state index contributed by atoms with van der Waals surface area (Å²) in [6.45, 7) is 5.21. The number of hydrogen-bond donors (Lipinski definition) is 1. The van der Waals surface area contributed by atoms with Crippen molar-refractivity contribution in [3.63, 3.8) is 0 Å². The summed E-state index contributed by atoms with van der Waals surface area (Å²) in [6.07, 6.45) is 4.49. The smallest absolute Gasteiger partial charge is 0.171 e. The Bertz CT molecular complexity index is 589. The summed E-state index contributed by atoms with van der Waals surface area (Å²) in [5.41, 5.74) is 2.57. The Balaban J connectivity index is 2.04. The van der Waals surface area contributed by atoms with Crippen molar-refractivity contribution < 1.29 is 0 Å². The van der Waals surface area contributed by atoms with Crippen molar-refractivity contribution in [1.29, 1.82) is 0 Å². The van der Waals surface area contributed by atoms with Crippen molar-refractivity contribution in [2.45, 2.75) is 39.5 Å². The highest BCUT2D eigenvalue weighted by Crippen LogP contribution is 2.32. The highest BCUT2D eigenvalue weighted by Gasteiger charge is 2.20. The number of nitrogens with one attached hydrogen (secondary N) is 1. The van der Waals surface area contributed by atoms with Gasteiger partial charge in [-0.25, -0.2) is 9.97 Å². The fourth-order valence-electron chi connectivity index (χ4n) is 2.54. The number of anilines is 1. The Morgan fingerprint density at radius 3 is 2.84 bits per heavy atom. The molecule has 0 radical (unpaired) electrons. The van der Waals surface area contributed by atoms with Crippen LogP contribution in [0.4, 0.5) is 5.82 Å². The molecule has 4 heteroatoms. The Labute approximate surface area is 118 Å². The largest absolute Gasteiger partial charge is 0.370 e.